The third-order valence-corrected chi connectivity index (χ3v) is 5.11. The molecule has 0 amide bonds. The minimum absolute atomic E-state index is 0.454. The van der Waals surface area contributed by atoms with Crippen molar-refractivity contribution in [2.24, 2.45) is 0 Å². The van der Waals surface area contributed by atoms with E-state index in [0.717, 1.165) is 16.9 Å². The Hall–Kier alpha value is -2.36. The number of benzene rings is 2. The van der Waals surface area contributed by atoms with Crippen molar-refractivity contribution < 1.29 is 39.4 Å². The number of carbonyl (C=O) groups is 1. The van der Waals surface area contributed by atoms with Crippen LogP contribution in [0.3, 0.4) is 0 Å². The Balaban J connectivity index is 1.85. The van der Waals surface area contributed by atoms with Crippen LogP contribution in [0.4, 0.5) is 4.79 Å². The first-order chi connectivity index (χ1) is 13.8. The van der Waals surface area contributed by atoms with Crippen molar-refractivity contribution in [1.29, 1.82) is 0 Å². The zero-order valence-corrected chi connectivity index (χ0v) is 16.2. The van der Waals surface area contributed by atoms with E-state index in [4.69, 9.17) is 26.2 Å². The molecular formula is C20H21ClO8. The third-order valence-electron chi connectivity index (χ3n) is 4.74. The maximum absolute atomic E-state index is 10.8. The summed E-state index contributed by atoms with van der Waals surface area (Å²) in [4.78, 5) is 10.8. The number of aliphatic hydroxyl groups is 3. The highest BCUT2D eigenvalue weighted by molar-refractivity contribution is 6.31. The number of aliphatic hydroxyl groups excluding tert-OH is 3. The average Bonchev–Trinajstić information content (AvgIpc) is 2.70. The largest absolute Gasteiger partial charge is 0.508 e. The van der Waals surface area contributed by atoms with Crippen molar-refractivity contribution in [2.45, 2.75) is 37.1 Å². The topological polar surface area (TPSA) is 126 Å². The maximum atomic E-state index is 10.8. The van der Waals surface area contributed by atoms with Crippen LogP contribution in [0.2, 0.25) is 5.02 Å². The zero-order valence-electron chi connectivity index (χ0n) is 15.4. The Morgan fingerprint density at radius 1 is 1.07 bits per heavy atom. The molecule has 0 aromatic heterocycles. The zero-order chi connectivity index (χ0) is 21.1. The summed E-state index contributed by atoms with van der Waals surface area (Å²) in [6.07, 6.45) is -8.82. The molecule has 1 aliphatic heterocycles. The molecule has 5 unspecified atom stereocenters. The van der Waals surface area contributed by atoms with Crippen LogP contribution in [0.25, 0.3) is 0 Å². The van der Waals surface area contributed by atoms with E-state index in [0.29, 0.717) is 17.0 Å². The highest BCUT2D eigenvalue weighted by atomic mass is 35.5. The number of hydrogen-bond donors (Lipinski definition) is 4. The summed E-state index contributed by atoms with van der Waals surface area (Å²) in [6.45, 7) is 0. The van der Waals surface area contributed by atoms with E-state index >= 15 is 0 Å². The summed E-state index contributed by atoms with van der Waals surface area (Å²) in [5, 5.41) is 39.6. The standard InChI is InChI=1S/C20H21ClO8/c1-27-13-5-2-10(3-6-13)8-12-9-11(4-7-14(12)21)18-16(23)15(22)17(24)19(28-18)29-20(25)26/h2-7,9,15-19,22-24H,8H2,1H3,(H,25,26). The van der Waals surface area contributed by atoms with Gasteiger partial charge in [0.05, 0.1) is 7.11 Å². The lowest BCUT2D eigenvalue weighted by atomic mass is 9.92. The lowest BCUT2D eigenvalue weighted by Gasteiger charge is -2.39. The van der Waals surface area contributed by atoms with Crippen LogP contribution in [0, 0.1) is 0 Å². The number of ether oxygens (including phenoxy) is 3. The molecule has 1 heterocycles. The minimum atomic E-state index is -1.72. The summed E-state index contributed by atoms with van der Waals surface area (Å²) in [5.41, 5.74) is 2.16. The molecule has 1 saturated heterocycles. The Morgan fingerprint density at radius 2 is 1.76 bits per heavy atom. The fourth-order valence-electron chi connectivity index (χ4n) is 3.19. The normalized spacial score (nSPS) is 26.7. The van der Waals surface area contributed by atoms with Crippen molar-refractivity contribution in [3.63, 3.8) is 0 Å². The Kier molecular flexibility index (Phi) is 6.61. The van der Waals surface area contributed by atoms with Gasteiger partial charge in [0.1, 0.15) is 30.2 Å². The van der Waals surface area contributed by atoms with Crippen LogP contribution < -0.4 is 4.74 Å². The molecule has 1 aliphatic rings. The van der Waals surface area contributed by atoms with Crippen LogP contribution in [-0.2, 0) is 15.9 Å². The monoisotopic (exact) mass is 424 g/mol. The van der Waals surface area contributed by atoms with E-state index < -0.39 is 36.9 Å². The van der Waals surface area contributed by atoms with Gasteiger partial charge in [-0.1, -0.05) is 35.9 Å². The van der Waals surface area contributed by atoms with Crippen molar-refractivity contribution in [2.75, 3.05) is 7.11 Å². The number of halogens is 1. The lowest BCUT2D eigenvalue weighted by Crippen LogP contribution is -2.55. The van der Waals surface area contributed by atoms with E-state index in [1.54, 1.807) is 25.3 Å². The van der Waals surface area contributed by atoms with E-state index in [2.05, 4.69) is 4.74 Å². The quantitative estimate of drug-likeness (QED) is 0.538. The Bertz CT molecular complexity index is 856. The molecule has 2 aromatic carbocycles. The summed E-state index contributed by atoms with van der Waals surface area (Å²) < 4.78 is 15.1. The molecule has 156 valence electrons. The summed E-state index contributed by atoms with van der Waals surface area (Å²) in [6, 6.07) is 12.4. The van der Waals surface area contributed by atoms with Crippen LogP contribution in [-0.4, -0.2) is 58.3 Å². The second-order valence-electron chi connectivity index (χ2n) is 6.66. The summed E-state index contributed by atoms with van der Waals surface area (Å²) in [7, 11) is 1.58. The molecule has 2 aromatic rings. The molecule has 3 rings (SSSR count). The van der Waals surface area contributed by atoms with Crippen LogP contribution in [0.5, 0.6) is 5.75 Å². The molecule has 4 N–H and O–H groups in total. The van der Waals surface area contributed by atoms with Crippen molar-refractivity contribution in [3.05, 3.63) is 64.2 Å². The highest BCUT2D eigenvalue weighted by Gasteiger charge is 2.46. The molecule has 0 saturated carbocycles. The first kappa shape index (κ1) is 21.4. The van der Waals surface area contributed by atoms with Crippen molar-refractivity contribution in [1.82, 2.24) is 0 Å². The van der Waals surface area contributed by atoms with E-state index in [1.165, 1.54) is 0 Å². The molecule has 0 radical (unpaired) electrons. The Morgan fingerprint density at radius 3 is 2.38 bits per heavy atom. The predicted octanol–water partition coefficient (Wildman–Crippen LogP) is 2.11. The minimum Gasteiger partial charge on any atom is -0.497 e. The molecule has 8 nitrogen and oxygen atoms in total. The van der Waals surface area contributed by atoms with Gasteiger partial charge in [0, 0.05) is 5.02 Å². The van der Waals surface area contributed by atoms with Gasteiger partial charge >= 0.3 is 6.16 Å². The number of methoxy groups -OCH3 is 1. The summed E-state index contributed by atoms with van der Waals surface area (Å²) in [5.74, 6) is 0.726. The van der Waals surface area contributed by atoms with Crippen LogP contribution >= 0.6 is 11.6 Å². The lowest BCUT2D eigenvalue weighted by molar-refractivity contribution is -0.285. The molecule has 0 spiro atoms. The molecule has 0 aliphatic carbocycles. The fourth-order valence-corrected chi connectivity index (χ4v) is 3.37. The second kappa shape index (κ2) is 8.98. The Labute approximate surface area is 171 Å². The van der Waals surface area contributed by atoms with Gasteiger partial charge in [-0.25, -0.2) is 4.79 Å². The highest BCUT2D eigenvalue weighted by Crippen LogP contribution is 2.35. The molecule has 29 heavy (non-hydrogen) atoms. The number of rotatable bonds is 5. The first-order valence-corrected chi connectivity index (χ1v) is 9.18. The molecule has 0 bridgehead atoms. The van der Waals surface area contributed by atoms with Gasteiger partial charge in [-0.05, 0) is 41.3 Å². The van der Waals surface area contributed by atoms with Crippen molar-refractivity contribution >= 4 is 17.8 Å². The SMILES string of the molecule is COc1ccc(Cc2cc(C3OC(OC(=O)O)C(O)C(O)C3O)ccc2Cl)cc1. The number of hydrogen-bond acceptors (Lipinski definition) is 7. The van der Waals surface area contributed by atoms with Crippen LogP contribution in [0.1, 0.15) is 22.8 Å². The third kappa shape index (κ3) is 4.80. The maximum Gasteiger partial charge on any atom is 0.508 e. The van der Waals surface area contributed by atoms with Gasteiger partial charge in [-0.2, -0.15) is 0 Å². The van der Waals surface area contributed by atoms with E-state index in [-0.39, 0.29) is 0 Å². The fraction of sp³-hybridized carbons (Fsp3) is 0.350. The molecular weight excluding hydrogens is 404 g/mol. The molecule has 9 heteroatoms. The van der Waals surface area contributed by atoms with E-state index in [1.807, 2.05) is 24.3 Å². The van der Waals surface area contributed by atoms with Crippen LogP contribution in [0.15, 0.2) is 42.5 Å². The average molecular weight is 425 g/mol. The van der Waals surface area contributed by atoms with Gasteiger partial charge in [-0.15, -0.1) is 0 Å². The predicted molar refractivity (Wildman–Crippen MR) is 102 cm³/mol. The molecule has 1 fully saturated rings. The number of carboxylic acid groups (broad SMARTS) is 1. The van der Waals surface area contributed by atoms with Gasteiger partial charge in [0.2, 0.25) is 6.29 Å². The van der Waals surface area contributed by atoms with Gasteiger partial charge in [0.15, 0.2) is 0 Å². The second-order valence-corrected chi connectivity index (χ2v) is 7.06. The van der Waals surface area contributed by atoms with Gasteiger partial charge in [0.25, 0.3) is 0 Å². The smallest absolute Gasteiger partial charge is 0.497 e. The molecule has 5 atom stereocenters. The van der Waals surface area contributed by atoms with E-state index in [9.17, 15) is 20.1 Å². The first-order valence-electron chi connectivity index (χ1n) is 8.80. The van der Waals surface area contributed by atoms with Crippen molar-refractivity contribution in [3.8, 4) is 5.75 Å². The van der Waals surface area contributed by atoms with Gasteiger partial charge < -0.3 is 34.6 Å². The summed E-state index contributed by atoms with van der Waals surface area (Å²) >= 11 is 6.31. The van der Waals surface area contributed by atoms with Gasteiger partial charge in [-0.3, -0.25) is 0 Å².